The fourth-order valence-corrected chi connectivity index (χ4v) is 2.18. The number of amides is 1. The van der Waals surface area contributed by atoms with Crippen LogP contribution in [0.1, 0.15) is 11.1 Å². The Morgan fingerprint density at radius 3 is 2.94 bits per heavy atom. The number of carbonyl (C=O) groups excluding carboxylic acids is 1. The van der Waals surface area contributed by atoms with Gasteiger partial charge in [0.25, 0.3) is 0 Å². The molecule has 0 fully saturated rings. The molecule has 0 radical (unpaired) electrons. The standard InChI is InChI=1S/C13H13NOS/c1-10-3-2-4-12(7-10)14-13(15)8-11-5-6-16-9-11/h2-7,9H,8H2,1H3,(H,14,15). The first-order valence-electron chi connectivity index (χ1n) is 5.11. The van der Waals surface area contributed by atoms with Crippen molar-refractivity contribution in [3.8, 4) is 0 Å². The first kappa shape index (κ1) is 10.9. The molecule has 3 heteroatoms. The van der Waals surface area contributed by atoms with Gasteiger partial charge in [-0.15, -0.1) is 0 Å². The molecule has 0 aliphatic rings. The van der Waals surface area contributed by atoms with Crippen LogP contribution in [0.4, 0.5) is 5.69 Å². The lowest BCUT2D eigenvalue weighted by Crippen LogP contribution is -2.13. The van der Waals surface area contributed by atoms with Crippen molar-refractivity contribution in [1.29, 1.82) is 0 Å². The average molecular weight is 231 g/mol. The molecule has 0 saturated carbocycles. The molecular weight excluding hydrogens is 218 g/mol. The van der Waals surface area contributed by atoms with E-state index in [2.05, 4.69) is 5.32 Å². The van der Waals surface area contributed by atoms with Gasteiger partial charge in [0.05, 0.1) is 6.42 Å². The lowest BCUT2D eigenvalue weighted by molar-refractivity contribution is -0.115. The van der Waals surface area contributed by atoms with Crippen molar-refractivity contribution in [2.24, 2.45) is 0 Å². The second-order valence-electron chi connectivity index (χ2n) is 3.73. The molecule has 1 aromatic heterocycles. The first-order chi connectivity index (χ1) is 7.74. The molecule has 0 unspecified atom stereocenters. The lowest BCUT2D eigenvalue weighted by Gasteiger charge is -2.04. The molecule has 82 valence electrons. The molecule has 2 aromatic rings. The molecule has 1 aromatic carbocycles. The van der Waals surface area contributed by atoms with E-state index in [1.807, 2.05) is 48.0 Å². The quantitative estimate of drug-likeness (QED) is 0.863. The molecule has 0 spiro atoms. The lowest BCUT2D eigenvalue weighted by atomic mass is 10.2. The van der Waals surface area contributed by atoms with Crippen molar-refractivity contribution in [3.05, 3.63) is 52.2 Å². The van der Waals surface area contributed by atoms with Crippen molar-refractivity contribution in [2.75, 3.05) is 5.32 Å². The van der Waals surface area contributed by atoms with Gasteiger partial charge in [-0.3, -0.25) is 4.79 Å². The molecule has 1 heterocycles. The predicted octanol–water partition coefficient (Wildman–Crippen LogP) is 3.24. The van der Waals surface area contributed by atoms with Gasteiger partial charge >= 0.3 is 0 Å². The second kappa shape index (κ2) is 4.94. The monoisotopic (exact) mass is 231 g/mol. The summed E-state index contributed by atoms with van der Waals surface area (Å²) in [6.07, 6.45) is 0.442. The molecule has 0 aliphatic heterocycles. The number of hydrogen-bond donors (Lipinski definition) is 1. The van der Waals surface area contributed by atoms with E-state index >= 15 is 0 Å². The summed E-state index contributed by atoms with van der Waals surface area (Å²) in [5.74, 6) is 0.0315. The van der Waals surface area contributed by atoms with E-state index in [0.717, 1.165) is 16.8 Å². The van der Waals surface area contributed by atoms with Gasteiger partial charge in [-0.05, 0) is 47.0 Å². The molecule has 2 rings (SSSR count). The van der Waals surface area contributed by atoms with Crippen molar-refractivity contribution in [2.45, 2.75) is 13.3 Å². The van der Waals surface area contributed by atoms with Gasteiger partial charge in [0.15, 0.2) is 0 Å². The van der Waals surface area contributed by atoms with Gasteiger partial charge in [-0.1, -0.05) is 12.1 Å². The summed E-state index contributed by atoms with van der Waals surface area (Å²) in [5.41, 5.74) is 3.07. The zero-order valence-electron chi connectivity index (χ0n) is 9.07. The highest BCUT2D eigenvalue weighted by molar-refractivity contribution is 7.08. The van der Waals surface area contributed by atoms with Gasteiger partial charge < -0.3 is 5.32 Å². The van der Waals surface area contributed by atoms with Crippen LogP contribution in [0.5, 0.6) is 0 Å². The average Bonchev–Trinajstić information content (AvgIpc) is 2.70. The Hall–Kier alpha value is -1.61. The fraction of sp³-hybridized carbons (Fsp3) is 0.154. The van der Waals surface area contributed by atoms with Crippen LogP contribution in [-0.4, -0.2) is 5.91 Å². The van der Waals surface area contributed by atoms with E-state index < -0.39 is 0 Å². The maximum absolute atomic E-state index is 11.7. The van der Waals surface area contributed by atoms with Crippen molar-refractivity contribution < 1.29 is 4.79 Å². The van der Waals surface area contributed by atoms with Gasteiger partial charge in [0.1, 0.15) is 0 Å². The minimum Gasteiger partial charge on any atom is -0.326 e. The summed E-state index contributed by atoms with van der Waals surface area (Å²) < 4.78 is 0. The van der Waals surface area contributed by atoms with Crippen molar-refractivity contribution >= 4 is 22.9 Å². The molecule has 1 amide bonds. The number of anilines is 1. The largest absolute Gasteiger partial charge is 0.326 e. The maximum Gasteiger partial charge on any atom is 0.228 e. The van der Waals surface area contributed by atoms with E-state index in [4.69, 9.17) is 0 Å². The highest BCUT2D eigenvalue weighted by Gasteiger charge is 2.04. The number of nitrogens with one attached hydrogen (secondary N) is 1. The topological polar surface area (TPSA) is 29.1 Å². The van der Waals surface area contributed by atoms with E-state index in [9.17, 15) is 4.79 Å². The van der Waals surface area contributed by atoms with Crippen LogP contribution in [0, 0.1) is 6.92 Å². The first-order valence-corrected chi connectivity index (χ1v) is 6.06. The third-order valence-electron chi connectivity index (χ3n) is 2.25. The van der Waals surface area contributed by atoms with E-state index in [0.29, 0.717) is 6.42 Å². The minimum absolute atomic E-state index is 0.0315. The van der Waals surface area contributed by atoms with Crippen LogP contribution in [0.3, 0.4) is 0 Å². The predicted molar refractivity (Wildman–Crippen MR) is 67.8 cm³/mol. The third-order valence-corrected chi connectivity index (χ3v) is 2.98. The Kier molecular flexibility index (Phi) is 3.37. The molecule has 16 heavy (non-hydrogen) atoms. The van der Waals surface area contributed by atoms with Crippen molar-refractivity contribution in [1.82, 2.24) is 0 Å². The number of benzene rings is 1. The highest BCUT2D eigenvalue weighted by atomic mass is 32.1. The normalized spacial score (nSPS) is 10.1. The highest BCUT2D eigenvalue weighted by Crippen LogP contribution is 2.11. The van der Waals surface area contributed by atoms with Gasteiger partial charge in [-0.2, -0.15) is 11.3 Å². The molecule has 0 atom stereocenters. The number of hydrogen-bond acceptors (Lipinski definition) is 2. The molecule has 2 nitrogen and oxygen atoms in total. The van der Waals surface area contributed by atoms with Crippen LogP contribution in [-0.2, 0) is 11.2 Å². The van der Waals surface area contributed by atoms with E-state index in [1.165, 1.54) is 0 Å². The number of thiophene rings is 1. The summed E-state index contributed by atoms with van der Waals surface area (Å²) in [6, 6.07) is 9.79. The number of aryl methyl sites for hydroxylation is 1. The number of carbonyl (C=O) groups is 1. The Bertz CT molecular complexity index is 476. The zero-order chi connectivity index (χ0) is 11.4. The fourth-order valence-electron chi connectivity index (χ4n) is 1.51. The summed E-state index contributed by atoms with van der Waals surface area (Å²) in [6.45, 7) is 2.01. The third kappa shape index (κ3) is 2.94. The molecule has 0 aliphatic carbocycles. The Morgan fingerprint density at radius 1 is 1.38 bits per heavy atom. The minimum atomic E-state index is 0.0315. The maximum atomic E-state index is 11.7. The zero-order valence-corrected chi connectivity index (χ0v) is 9.88. The Labute approximate surface area is 98.9 Å². The van der Waals surface area contributed by atoms with Crippen LogP contribution in [0.15, 0.2) is 41.1 Å². The van der Waals surface area contributed by atoms with Gasteiger partial charge in [-0.25, -0.2) is 0 Å². The van der Waals surface area contributed by atoms with E-state index in [-0.39, 0.29) is 5.91 Å². The summed E-state index contributed by atoms with van der Waals surface area (Å²) in [5, 5.41) is 6.86. The molecule has 0 saturated heterocycles. The SMILES string of the molecule is Cc1cccc(NC(=O)Cc2ccsc2)c1. The van der Waals surface area contributed by atoms with Crippen molar-refractivity contribution in [3.63, 3.8) is 0 Å². The summed E-state index contributed by atoms with van der Waals surface area (Å²) in [4.78, 5) is 11.7. The molecule has 0 bridgehead atoms. The van der Waals surface area contributed by atoms with Crippen LogP contribution >= 0.6 is 11.3 Å². The molecule has 1 N–H and O–H groups in total. The number of rotatable bonds is 3. The van der Waals surface area contributed by atoms with Crippen LogP contribution in [0.2, 0.25) is 0 Å². The Balaban J connectivity index is 1.97. The summed E-state index contributed by atoms with van der Waals surface area (Å²) in [7, 11) is 0. The van der Waals surface area contributed by atoms with Crippen LogP contribution in [0.25, 0.3) is 0 Å². The smallest absolute Gasteiger partial charge is 0.228 e. The van der Waals surface area contributed by atoms with Gasteiger partial charge in [0, 0.05) is 5.69 Å². The molecular formula is C13H13NOS. The summed E-state index contributed by atoms with van der Waals surface area (Å²) >= 11 is 1.61. The van der Waals surface area contributed by atoms with Gasteiger partial charge in [0.2, 0.25) is 5.91 Å². The Morgan fingerprint density at radius 2 is 2.25 bits per heavy atom. The van der Waals surface area contributed by atoms with Crippen LogP contribution < -0.4 is 5.32 Å². The van der Waals surface area contributed by atoms with E-state index in [1.54, 1.807) is 11.3 Å². The second-order valence-corrected chi connectivity index (χ2v) is 4.51.